The van der Waals surface area contributed by atoms with Crippen molar-refractivity contribution in [2.45, 2.75) is 6.04 Å². The lowest BCUT2D eigenvalue weighted by Gasteiger charge is -2.37. The van der Waals surface area contributed by atoms with E-state index in [9.17, 15) is 10.1 Å². The molecule has 28 heavy (non-hydrogen) atoms. The summed E-state index contributed by atoms with van der Waals surface area (Å²) in [5.74, 6) is 1.96. The Balaban J connectivity index is 1.42. The first kappa shape index (κ1) is 18.1. The molecule has 0 radical (unpaired) electrons. The number of benzene rings is 2. The van der Waals surface area contributed by atoms with Gasteiger partial charge in [0, 0.05) is 31.7 Å². The predicted molar refractivity (Wildman–Crippen MR) is 101 cm³/mol. The third-order valence-corrected chi connectivity index (χ3v) is 5.12. The SMILES string of the molecule is COc1cccc(C(C#N)N2CCN(C(=O)c3ccc4c(c3)OCO4)CC2)c1. The highest BCUT2D eigenvalue weighted by atomic mass is 16.7. The first-order valence-electron chi connectivity index (χ1n) is 9.16. The first-order valence-corrected chi connectivity index (χ1v) is 9.16. The lowest BCUT2D eigenvalue weighted by atomic mass is 10.0. The smallest absolute Gasteiger partial charge is 0.254 e. The highest BCUT2D eigenvalue weighted by Crippen LogP contribution is 2.33. The van der Waals surface area contributed by atoms with Gasteiger partial charge in [0.1, 0.15) is 11.8 Å². The molecule has 2 aromatic carbocycles. The van der Waals surface area contributed by atoms with E-state index in [2.05, 4.69) is 11.0 Å². The van der Waals surface area contributed by atoms with Crippen molar-refractivity contribution in [3.8, 4) is 23.3 Å². The maximum atomic E-state index is 12.8. The Labute approximate surface area is 163 Å². The number of piperazine rings is 1. The Morgan fingerprint density at radius 2 is 1.89 bits per heavy atom. The topological polar surface area (TPSA) is 75.0 Å². The van der Waals surface area contributed by atoms with Crippen molar-refractivity contribution >= 4 is 5.91 Å². The molecule has 1 unspecified atom stereocenters. The van der Waals surface area contributed by atoms with Crippen LogP contribution in [0.25, 0.3) is 0 Å². The minimum Gasteiger partial charge on any atom is -0.497 e. The summed E-state index contributed by atoms with van der Waals surface area (Å²) in [4.78, 5) is 16.7. The molecular weight excluding hydrogens is 358 g/mol. The van der Waals surface area contributed by atoms with Gasteiger partial charge in [0.15, 0.2) is 11.5 Å². The van der Waals surface area contributed by atoms with Gasteiger partial charge in [-0.15, -0.1) is 0 Å². The Hall–Kier alpha value is -3.24. The second kappa shape index (κ2) is 7.79. The van der Waals surface area contributed by atoms with Crippen LogP contribution in [-0.4, -0.2) is 55.8 Å². The van der Waals surface area contributed by atoms with E-state index >= 15 is 0 Å². The summed E-state index contributed by atoms with van der Waals surface area (Å²) >= 11 is 0. The Morgan fingerprint density at radius 1 is 1.11 bits per heavy atom. The molecule has 1 saturated heterocycles. The van der Waals surface area contributed by atoms with Crippen LogP contribution in [0.5, 0.6) is 17.2 Å². The van der Waals surface area contributed by atoms with Gasteiger partial charge in [-0.3, -0.25) is 9.69 Å². The molecule has 2 heterocycles. The average molecular weight is 379 g/mol. The Morgan fingerprint density at radius 3 is 2.64 bits per heavy atom. The fourth-order valence-corrected chi connectivity index (χ4v) is 3.57. The second-order valence-electron chi connectivity index (χ2n) is 6.70. The molecule has 1 fully saturated rings. The Bertz CT molecular complexity index is 916. The minimum absolute atomic E-state index is 0.0344. The number of amides is 1. The van der Waals surface area contributed by atoms with Crippen LogP contribution in [0.4, 0.5) is 0 Å². The zero-order valence-corrected chi connectivity index (χ0v) is 15.6. The highest BCUT2D eigenvalue weighted by molar-refractivity contribution is 5.95. The number of hydrogen-bond donors (Lipinski definition) is 0. The van der Waals surface area contributed by atoms with E-state index < -0.39 is 0 Å². The molecule has 4 rings (SSSR count). The summed E-state index contributed by atoms with van der Waals surface area (Å²) in [6.07, 6.45) is 0. The molecule has 1 atom stereocenters. The fraction of sp³-hybridized carbons (Fsp3) is 0.333. The number of methoxy groups -OCH3 is 1. The number of nitriles is 1. The van der Waals surface area contributed by atoms with Crippen LogP contribution in [0.1, 0.15) is 22.0 Å². The molecule has 2 aliphatic heterocycles. The normalized spacial score (nSPS) is 17.1. The van der Waals surface area contributed by atoms with E-state index in [0.717, 1.165) is 11.3 Å². The van der Waals surface area contributed by atoms with Gasteiger partial charge >= 0.3 is 0 Å². The second-order valence-corrected chi connectivity index (χ2v) is 6.70. The molecule has 0 saturated carbocycles. The van der Waals surface area contributed by atoms with Crippen LogP contribution in [0.2, 0.25) is 0 Å². The van der Waals surface area contributed by atoms with Gasteiger partial charge < -0.3 is 19.1 Å². The van der Waals surface area contributed by atoms with E-state index in [-0.39, 0.29) is 18.7 Å². The quantitative estimate of drug-likeness (QED) is 0.812. The predicted octanol–water partition coefficient (Wildman–Crippen LogP) is 2.45. The molecule has 1 amide bonds. The summed E-state index contributed by atoms with van der Waals surface area (Å²) < 4.78 is 15.9. The monoisotopic (exact) mass is 379 g/mol. The third kappa shape index (κ3) is 3.47. The first-order chi connectivity index (χ1) is 13.7. The summed E-state index contributed by atoms with van der Waals surface area (Å²) in [5.41, 5.74) is 1.49. The molecule has 0 aliphatic carbocycles. The van der Waals surface area contributed by atoms with Gasteiger partial charge in [0.2, 0.25) is 6.79 Å². The molecule has 144 valence electrons. The van der Waals surface area contributed by atoms with Crippen LogP contribution in [0.15, 0.2) is 42.5 Å². The van der Waals surface area contributed by atoms with E-state index in [4.69, 9.17) is 14.2 Å². The molecule has 2 aliphatic rings. The number of fused-ring (bicyclic) bond motifs is 1. The van der Waals surface area contributed by atoms with Gasteiger partial charge in [-0.1, -0.05) is 12.1 Å². The molecular formula is C21H21N3O4. The fourth-order valence-electron chi connectivity index (χ4n) is 3.57. The summed E-state index contributed by atoms with van der Waals surface area (Å²) in [7, 11) is 1.61. The number of carbonyl (C=O) groups is 1. The van der Waals surface area contributed by atoms with Gasteiger partial charge in [0.05, 0.1) is 13.2 Å². The molecule has 0 aromatic heterocycles. The summed E-state index contributed by atoms with van der Waals surface area (Å²) in [6, 6.07) is 14.8. The summed E-state index contributed by atoms with van der Waals surface area (Å²) in [6.45, 7) is 2.58. The number of nitrogens with zero attached hydrogens (tertiary/aromatic N) is 3. The zero-order chi connectivity index (χ0) is 19.5. The maximum Gasteiger partial charge on any atom is 0.254 e. The molecule has 2 aromatic rings. The lowest BCUT2D eigenvalue weighted by molar-refractivity contribution is 0.0606. The van der Waals surface area contributed by atoms with E-state index in [1.165, 1.54) is 0 Å². The van der Waals surface area contributed by atoms with Crippen molar-refractivity contribution in [2.24, 2.45) is 0 Å². The van der Waals surface area contributed by atoms with Gasteiger partial charge in [-0.25, -0.2) is 0 Å². The van der Waals surface area contributed by atoms with Crippen molar-refractivity contribution in [2.75, 3.05) is 40.1 Å². The summed E-state index contributed by atoms with van der Waals surface area (Å²) in [5, 5.41) is 9.70. The molecule has 7 heteroatoms. The largest absolute Gasteiger partial charge is 0.497 e. The average Bonchev–Trinajstić information content (AvgIpc) is 3.22. The van der Waals surface area contributed by atoms with E-state index in [1.54, 1.807) is 25.3 Å². The number of hydrogen-bond acceptors (Lipinski definition) is 6. The van der Waals surface area contributed by atoms with Crippen molar-refractivity contribution in [1.29, 1.82) is 5.26 Å². The standard InChI is InChI=1S/C21H21N3O4/c1-26-17-4-2-3-15(11-17)18(13-22)23-7-9-24(10-8-23)21(25)16-5-6-19-20(12-16)28-14-27-19/h2-6,11-12,18H,7-10,14H2,1H3. The molecule has 0 bridgehead atoms. The maximum absolute atomic E-state index is 12.8. The van der Waals surface area contributed by atoms with E-state index in [1.807, 2.05) is 29.2 Å². The minimum atomic E-state index is -0.363. The van der Waals surface area contributed by atoms with Gasteiger partial charge in [-0.2, -0.15) is 5.26 Å². The van der Waals surface area contributed by atoms with Gasteiger partial charge in [-0.05, 0) is 35.9 Å². The number of ether oxygens (including phenoxy) is 3. The zero-order valence-electron chi connectivity index (χ0n) is 15.6. The van der Waals surface area contributed by atoms with Gasteiger partial charge in [0.25, 0.3) is 5.91 Å². The lowest BCUT2D eigenvalue weighted by Crippen LogP contribution is -2.49. The molecule has 0 N–H and O–H groups in total. The molecule has 7 nitrogen and oxygen atoms in total. The van der Waals surface area contributed by atoms with Crippen LogP contribution >= 0.6 is 0 Å². The van der Waals surface area contributed by atoms with Crippen LogP contribution in [0, 0.1) is 11.3 Å². The van der Waals surface area contributed by atoms with E-state index in [0.29, 0.717) is 43.2 Å². The third-order valence-electron chi connectivity index (χ3n) is 5.12. The Kier molecular flexibility index (Phi) is 5.04. The number of carbonyl (C=O) groups excluding carboxylic acids is 1. The van der Waals surface area contributed by atoms with Crippen LogP contribution in [-0.2, 0) is 0 Å². The molecule has 0 spiro atoms. The van der Waals surface area contributed by atoms with Crippen molar-refractivity contribution in [1.82, 2.24) is 9.80 Å². The van der Waals surface area contributed by atoms with Crippen molar-refractivity contribution in [3.63, 3.8) is 0 Å². The number of rotatable bonds is 4. The highest BCUT2D eigenvalue weighted by Gasteiger charge is 2.28. The van der Waals surface area contributed by atoms with Crippen LogP contribution < -0.4 is 14.2 Å². The van der Waals surface area contributed by atoms with Crippen LogP contribution in [0.3, 0.4) is 0 Å². The van der Waals surface area contributed by atoms with Crippen molar-refractivity contribution in [3.05, 3.63) is 53.6 Å². The van der Waals surface area contributed by atoms with Crippen molar-refractivity contribution < 1.29 is 19.0 Å².